The zero-order chi connectivity index (χ0) is 20.3. The standard InChI is InChI=1S/C19H28N6O2S/c1-13(28-18-23-22-17(25(18)20)19(2,3)4)16(26)21-14-5-7-15(8-6-14)24-9-11-27-12-10-24/h5-8,13H,9-12,20H2,1-4H3,(H,21,26)/t13-/m1/s1. The van der Waals surface area contributed by atoms with Gasteiger partial charge in [-0.05, 0) is 31.2 Å². The van der Waals surface area contributed by atoms with Crippen LogP contribution in [0.5, 0.6) is 0 Å². The normalized spacial score (nSPS) is 16.1. The smallest absolute Gasteiger partial charge is 0.237 e. The van der Waals surface area contributed by atoms with E-state index >= 15 is 0 Å². The van der Waals surface area contributed by atoms with Crippen LogP contribution in [0.2, 0.25) is 0 Å². The van der Waals surface area contributed by atoms with Crippen LogP contribution in [0.25, 0.3) is 0 Å². The van der Waals surface area contributed by atoms with Gasteiger partial charge in [0.15, 0.2) is 5.82 Å². The zero-order valence-corrected chi connectivity index (χ0v) is 17.6. The number of rotatable bonds is 5. The molecule has 9 heteroatoms. The maximum absolute atomic E-state index is 12.6. The molecule has 0 unspecified atom stereocenters. The van der Waals surface area contributed by atoms with Gasteiger partial charge in [-0.2, -0.15) is 0 Å². The Hall–Kier alpha value is -2.26. The van der Waals surface area contributed by atoms with Crippen LogP contribution in [0.15, 0.2) is 29.4 Å². The van der Waals surface area contributed by atoms with Crippen molar-refractivity contribution in [3.05, 3.63) is 30.1 Å². The van der Waals surface area contributed by atoms with E-state index in [0.717, 1.165) is 37.7 Å². The van der Waals surface area contributed by atoms with Gasteiger partial charge in [-0.15, -0.1) is 10.2 Å². The van der Waals surface area contributed by atoms with Gasteiger partial charge >= 0.3 is 0 Å². The lowest BCUT2D eigenvalue weighted by Crippen LogP contribution is -2.36. The first-order valence-electron chi connectivity index (χ1n) is 9.37. The minimum Gasteiger partial charge on any atom is -0.378 e. The predicted molar refractivity (Wildman–Crippen MR) is 112 cm³/mol. The van der Waals surface area contributed by atoms with Crippen LogP contribution >= 0.6 is 11.8 Å². The van der Waals surface area contributed by atoms with Gasteiger partial charge in [-0.3, -0.25) is 4.79 Å². The van der Waals surface area contributed by atoms with Gasteiger partial charge in [0, 0.05) is 29.9 Å². The van der Waals surface area contributed by atoms with Crippen molar-refractivity contribution in [2.75, 3.05) is 42.4 Å². The maximum atomic E-state index is 12.6. The largest absolute Gasteiger partial charge is 0.378 e. The molecule has 3 N–H and O–H groups in total. The number of amides is 1. The average Bonchev–Trinajstić information content (AvgIpc) is 3.03. The van der Waals surface area contributed by atoms with Crippen molar-refractivity contribution in [1.82, 2.24) is 14.9 Å². The van der Waals surface area contributed by atoms with E-state index in [9.17, 15) is 4.79 Å². The summed E-state index contributed by atoms with van der Waals surface area (Å²) in [6.45, 7) is 11.1. The maximum Gasteiger partial charge on any atom is 0.237 e. The molecule has 0 aliphatic carbocycles. The van der Waals surface area contributed by atoms with E-state index in [-0.39, 0.29) is 16.6 Å². The third-order valence-electron chi connectivity index (χ3n) is 4.50. The number of hydrogen-bond donors (Lipinski definition) is 2. The number of morpholine rings is 1. The number of benzene rings is 1. The summed E-state index contributed by atoms with van der Waals surface area (Å²) >= 11 is 1.29. The number of anilines is 2. The number of nitrogens with one attached hydrogen (secondary N) is 1. The van der Waals surface area contributed by atoms with Crippen LogP contribution in [0.1, 0.15) is 33.5 Å². The number of carbonyl (C=O) groups excluding carboxylic acids is 1. The summed E-state index contributed by atoms with van der Waals surface area (Å²) in [6, 6.07) is 7.88. The molecule has 1 amide bonds. The summed E-state index contributed by atoms with van der Waals surface area (Å²) in [5.41, 5.74) is 1.68. The number of thioether (sulfide) groups is 1. The molecule has 0 saturated carbocycles. The number of nitrogens with zero attached hydrogens (tertiary/aromatic N) is 4. The Bertz CT molecular complexity index is 809. The summed E-state index contributed by atoms with van der Waals surface area (Å²) in [5, 5.41) is 11.4. The molecule has 8 nitrogen and oxygen atoms in total. The Morgan fingerprint density at radius 2 is 1.86 bits per heavy atom. The molecule has 0 radical (unpaired) electrons. The third kappa shape index (κ3) is 4.77. The van der Waals surface area contributed by atoms with Crippen LogP contribution in [-0.4, -0.2) is 52.3 Å². The summed E-state index contributed by atoms with van der Waals surface area (Å²) in [6.07, 6.45) is 0. The summed E-state index contributed by atoms with van der Waals surface area (Å²) in [7, 11) is 0. The van der Waals surface area contributed by atoms with Gasteiger partial charge < -0.3 is 20.8 Å². The summed E-state index contributed by atoms with van der Waals surface area (Å²) < 4.78 is 6.84. The van der Waals surface area contributed by atoms with E-state index in [4.69, 9.17) is 10.6 Å². The highest BCUT2D eigenvalue weighted by atomic mass is 32.2. The number of nitrogen functional groups attached to an aromatic ring is 1. The molecule has 152 valence electrons. The number of aromatic nitrogens is 3. The Balaban J connectivity index is 1.59. The Morgan fingerprint density at radius 3 is 2.43 bits per heavy atom. The number of carbonyl (C=O) groups is 1. The quantitative estimate of drug-likeness (QED) is 0.582. The second-order valence-electron chi connectivity index (χ2n) is 7.82. The Morgan fingerprint density at radius 1 is 1.21 bits per heavy atom. The van der Waals surface area contributed by atoms with Crippen LogP contribution in [-0.2, 0) is 14.9 Å². The van der Waals surface area contributed by atoms with E-state index < -0.39 is 0 Å². The molecular formula is C19H28N6O2S. The predicted octanol–water partition coefficient (Wildman–Crippen LogP) is 2.25. The summed E-state index contributed by atoms with van der Waals surface area (Å²) in [4.78, 5) is 14.8. The molecule has 1 saturated heterocycles. The second kappa shape index (κ2) is 8.40. The average molecular weight is 405 g/mol. The number of ether oxygens (including phenoxy) is 1. The second-order valence-corrected chi connectivity index (χ2v) is 9.13. The van der Waals surface area contributed by atoms with Gasteiger partial charge in [0.25, 0.3) is 0 Å². The highest BCUT2D eigenvalue weighted by molar-refractivity contribution is 8.00. The molecule has 2 heterocycles. The van der Waals surface area contributed by atoms with Crippen LogP contribution in [0.3, 0.4) is 0 Å². The molecule has 1 aliphatic heterocycles. The van der Waals surface area contributed by atoms with Crippen molar-refractivity contribution in [3.63, 3.8) is 0 Å². The lowest BCUT2D eigenvalue weighted by atomic mass is 9.96. The minimum absolute atomic E-state index is 0.107. The van der Waals surface area contributed by atoms with Gasteiger partial charge in [-0.25, -0.2) is 4.68 Å². The van der Waals surface area contributed by atoms with Crippen molar-refractivity contribution in [3.8, 4) is 0 Å². The van der Waals surface area contributed by atoms with Crippen LogP contribution < -0.4 is 16.1 Å². The topological polar surface area (TPSA) is 98.3 Å². The first kappa shape index (κ1) is 20.5. The molecule has 1 aromatic heterocycles. The minimum atomic E-state index is -0.363. The fraction of sp³-hybridized carbons (Fsp3) is 0.526. The van der Waals surface area contributed by atoms with Crippen molar-refractivity contribution in [1.29, 1.82) is 0 Å². The molecule has 1 atom stereocenters. The van der Waals surface area contributed by atoms with E-state index in [1.54, 1.807) is 0 Å². The van der Waals surface area contributed by atoms with Gasteiger partial charge in [0.05, 0.1) is 18.5 Å². The first-order chi connectivity index (χ1) is 13.3. The van der Waals surface area contributed by atoms with E-state index in [2.05, 4.69) is 20.4 Å². The lowest BCUT2D eigenvalue weighted by molar-refractivity contribution is -0.115. The molecule has 2 aromatic rings. The molecule has 0 spiro atoms. The lowest BCUT2D eigenvalue weighted by Gasteiger charge is -2.28. The van der Waals surface area contributed by atoms with E-state index in [1.807, 2.05) is 52.0 Å². The number of nitrogens with two attached hydrogens (primary N) is 1. The molecule has 1 aliphatic rings. The first-order valence-corrected chi connectivity index (χ1v) is 10.2. The van der Waals surface area contributed by atoms with Gasteiger partial charge in [0.2, 0.25) is 11.1 Å². The van der Waals surface area contributed by atoms with Gasteiger partial charge in [-0.1, -0.05) is 32.5 Å². The summed E-state index contributed by atoms with van der Waals surface area (Å²) in [5.74, 6) is 6.68. The fourth-order valence-electron chi connectivity index (χ4n) is 2.90. The molecule has 1 aromatic carbocycles. The van der Waals surface area contributed by atoms with Crippen LogP contribution in [0, 0.1) is 0 Å². The third-order valence-corrected chi connectivity index (χ3v) is 5.55. The fourth-order valence-corrected chi connectivity index (χ4v) is 3.67. The molecular weight excluding hydrogens is 376 g/mol. The SMILES string of the molecule is C[C@@H](Sc1nnc(C(C)(C)C)n1N)C(=O)Nc1ccc(N2CCOCC2)cc1. The molecule has 3 rings (SSSR count). The molecule has 28 heavy (non-hydrogen) atoms. The molecule has 0 bridgehead atoms. The van der Waals surface area contributed by atoms with E-state index in [1.165, 1.54) is 16.4 Å². The highest BCUT2D eigenvalue weighted by Crippen LogP contribution is 2.26. The molecule has 1 fully saturated rings. The van der Waals surface area contributed by atoms with Gasteiger partial charge in [0.1, 0.15) is 0 Å². The number of hydrogen-bond acceptors (Lipinski definition) is 7. The zero-order valence-electron chi connectivity index (χ0n) is 16.8. The Labute approximate surface area is 169 Å². The Kier molecular flexibility index (Phi) is 6.14. The van der Waals surface area contributed by atoms with Crippen molar-refractivity contribution in [2.24, 2.45) is 0 Å². The van der Waals surface area contributed by atoms with Crippen molar-refractivity contribution < 1.29 is 9.53 Å². The highest BCUT2D eigenvalue weighted by Gasteiger charge is 2.25. The van der Waals surface area contributed by atoms with E-state index in [0.29, 0.717) is 11.0 Å². The monoisotopic (exact) mass is 404 g/mol. The van der Waals surface area contributed by atoms with Crippen molar-refractivity contribution >= 4 is 29.0 Å². The van der Waals surface area contributed by atoms with Crippen molar-refractivity contribution in [2.45, 2.75) is 43.5 Å². The van der Waals surface area contributed by atoms with Crippen LogP contribution in [0.4, 0.5) is 11.4 Å².